The molecule has 0 aliphatic heterocycles. The molecule has 2 aromatic carbocycles. The molecule has 0 aliphatic carbocycles. The predicted molar refractivity (Wildman–Crippen MR) is 74.4 cm³/mol. The van der Waals surface area contributed by atoms with Crippen molar-refractivity contribution in [2.24, 2.45) is 0 Å². The summed E-state index contributed by atoms with van der Waals surface area (Å²) < 4.78 is 14.0. The minimum absolute atomic E-state index is 0.0924. The summed E-state index contributed by atoms with van der Waals surface area (Å²) in [5.41, 5.74) is 2.83. The summed E-state index contributed by atoms with van der Waals surface area (Å²) in [6.45, 7) is 2.46. The van der Waals surface area contributed by atoms with Crippen LogP contribution in [-0.4, -0.2) is 7.05 Å². The molecule has 0 atom stereocenters. The largest absolute Gasteiger partial charge is 0.370 e. The van der Waals surface area contributed by atoms with Gasteiger partial charge in [-0.1, -0.05) is 29.8 Å². The minimum Gasteiger partial charge on any atom is -0.370 e. The van der Waals surface area contributed by atoms with Crippen LogP contribution in [0.4, 0.5) is 10.1 Å². The van der Waals surface area contributed by atoms with Crippen LogP contribution >= 0.6 is 0 Å². The van der Waals surface area contributed by atoms with Gasteiger partial charge in [0.15, 0.2) is 0 Å². The van der Waals surface area contributed by atoms with Gasteiger partial charge in [-0.05, 0) is 25.1 Å². The summed E-state index contributed by atoms with van der Waals surface area (Å²) in [5, 5.41) is 8.82. The average molecular weight is 254 g/mol. The topological polar surface area (TPSA) is 27.0 Å². The van der Waals surface area contributed by atoms with Gasteiger partial charge in [-0.3, -0.25) is 0 Å². The van der Waals surface area contributed by atoms with Crippen LogP contribution < -0.4 is 4.90 Å². The van der Waals surface area contributed by atoms with Gasteiger partial charge in [0.05, 0.1) is 5.56 Å². The van der Waals surface area contributed by atoms with Gasteiger partial charge in [0.1, 0.15) is 11.9 Å². The zero-order valence-corrected chi connectivity index (χ0v) is 11.0. The first-order valence-electron chi connectivity index (χ1n) is 6.07. The molecule has 0 fully saturated rings. The second-order valence-electron chi connectivity index (χ2n) is 4.58. The van der Waals surface area contributed by atoms with Gasteiger partial charge in [-0.15, -0.1) is 0 Å². The highest BCUT2D eigenvalue weighted by Gasteiger charge is 2.10. The molecule has 2 aromatic rings. The Morgan fingerprint density at radius 3 is 2.47 bits per heavy atom. The van der Waals surface area contributed by atoms with E-state index in [1.165, 1.54) is 11.6 Å². The molecule has 0 saturated carbocycles. The normalized spacial score (nSPS) is 10.0. The van der Waals surface area contributed by atoms with E-state index in [1.54, 1.807) is 12.1 Å². The molecule has 0 spiro atoms. The van der Waals surface area contributed by atoms with Crippen LogP contribution in [0.3, 0.4) is 0 Å². The number of rotatable bonds is 3. The molecule has 2 rings (SSSR count). The highest BCUT2D eigenvalue weighted by Crippen LogP contribution is 2.19. The summed E-state index contributed by atoms with van der Waals surface area (Å²) in [7, 11) is 1.91. The van der Waals surface area contributed by atoms with Crippen molar-refractivity contribution in [3.8, 4) is 6.07 Å². The fourth-order valence-electron chi connectivity index (χ4n) is 1.93. The van der Waals surface area contributed by atoms with Crippen LogP contribution in [0.25, 0.3) is 0 Å². The first-order valence-corrected chi connectivity index (χ1v) is 6.07. The maximum atomic E-state index is 14.0. The molecule has 0 saturated heterocycles. The number of anilines is 1. The second kappa shape index (κ2) is 5.53. The summed E-state index contributed by atoms with van der Waals surface area (Å²) in [6.07, 6.45) is 0. The molecule has 0 aliphatic rings. The van der Waals surface area contributed by atoms with Crippen molar-refractivity contribution in [1.29, 1.82) is 5.26 Å². The van der Waals surface area contributed by atoms with Crippen LogP contribution in [0, 0.1) is 24.1 Å². The standard InChI is InChI=1S/C16H15FN2/c1-12-6-8-15(9-7-12)19(2)11-14-5-3-4-13(10-18)16(14)17/h3-9H,11H2,1-2H3. The van der Waals surface area contributed by atoms with Crippen LogP contribution in [0.15, 0.2) is 42.5 Å². The maximum absolute atomic E-state index is 14.0. The lowest BCUT2D eigenvalue weighted by Crippen LogP contribution is -2.17. The average Bonchev–Trinajstić information content (AvgIpc) is 2.42. The molecule has 3 heteroatoms. The van der Waals surface area contributed by atoms with Gasteiger partial charge in [-0.25, -0.2) is 4.39 Å². The number of hydrogen-bond acceptors (Lipinski definition) is 2. The summed E-state index contributed by atoms with van der Waals surface area (Å²) >= 11 is 0. The third kappa shape index (κ3) is 2.92. The monoisotopic (exact) mass is 254 g/mol. The van der Waals surface area contributed by atoms with Crippen molar-refractivity contribution in [3.05, 3.63) is 65.0 Å². The third-order valence-corrected chi connectivity index (χ3v) is 3.08. The molecule has 19 heavy (non-hydrogen) atoms. The Labute approximate surface area is 112 Å². The van der Waals surface area contributed by atoms with Crippen molar-refractivity contribution in [2.45, 2.75) is 13.5 Å². The first-order chi connectivity index (χ1) is 9.11. The molecule has 0 bridgehead atoms. The Morgan fingerprint density at radius 2 is 1.84 bits per heavy atom. The lowest BCUT2D eigenvalue weighted by Gasteiger charge is -2.20. The van der Waals surface area contributed by atoms with Gasteiger partial charge < -0.3 is 4.90 Å². The summed E-state index contributed by atoms with van der Waals surface area (Å²) in [6, 6.07) is 14.8. The van der Waals surface area contributed by atoms with Crippen molar-refractivity contribution in [1.82, 2.24) is 0 Å². The van der Waals surface area contributed by atoms with E-state index in [9.17, 15) is 4.39 Å². The highest BCUT2D eigenvalue weighted by molar-refractivity contribution is 5.48. The van der Waals surface area contributed by atoms with Gasteiger partial charge >= 0.3 is 0 Å². The molecule has 96 valence electrons. The van der Waals surface area contributed by atoms with E-state index in [1.807, 2.05) is 49.2 Å². The number of benzene rings is 2. The molecule has 0 aromatic heterocycles. The molecular weight excluding hydrogens is 239 g/mol. The van der Waals surface area contributed by atoms with E-state index >= 15 is 0 Å². The molecule has 2 nitrogen and oxygen atoms in total. The van der Waals surface area contributed by atoms with Crippen LogP contribution in [0.5, 0.6) is 0 Å². The van der Waals surface area contributed by atoms with E-state index in [0.717, 1.165) is 5.69 Å². The van der Waals surface area contributed by atoms with Gasteiger partial charge in [0.2, 0.25) is 0 Å². The van der Waals surface area contributed by atoms with E-state index in [-0.39, 0.29) is 5.56 Å². The van der Waals surface area contributed by atoms with Gasteiger partial charge in [-0.2, -0.15) is 5.26 Å². The number of nitriles is 1. The van der Waals surface area contributed by atoms with Crippen LogP contribution in [0.1, 0.15) is 16.7 Å². The summed E-state index contributed by atoms with van der Waals surface area (Å²) in [5.74, 6) is -0.427. The van der Waals surface area contributed by atoms with Gasteiger partial charge in [0.25, 0.3) is 0 Å². The Kier molecular flexibility index (Phi) is 3.82. The van der Waals surface area contributed by atoms with Crippen molar-refractivity contribution in [2.75, 3.05) is 11.9 Å². The SMILES string of the molecule is Cc1ccc(N(C)Cc2cccc(C#N)c2F)cc1. The quantitative estimate of drug-likeness (QED) is 0.836. The fraction of sp³-hybridized carbons (Fsp3) is 0.188. The van der Waals surface area contributed by atoms with E-state index in [0.29, 0.717) is 12.1 Å². The van der Waals surface area contributed by atoms with Crippen molar-refractivity contribution >= 4 is 5.69 Å². The lowest BCUT2D eigenvalue weighted by molar-refractivity contribution is 0.604. The highest BCUT2D eigenvalue weighted by atomic mass is 19.1. The molecule has 0 N–H and O–H groups in total. The third-order valence-electron chi connectivity index (χ3n) is 3.08. The van der Waals surface area contributed by atoms with E-state index < -0.39 is 5.82 Å². The zero-order valence-electron chi connectivity index (χ0n) is 11.0. The van der Waals surface area contributed by atoms with Crippen LogP contribution in [-0.2, 0) is 6.54 Å². The Hall–Kier alpha value is -2.34. The van der Waals surface area contributed by atoms with Crippen molar-refractivity contribution in [3.63, 3.8) is 0 Å². The predicted octanol–water partition coefficient (Wildman–Crippen LogP) is 3.64. The van der Waals surface area contributed by atoms with Crippen LogP contribution in [0.2, 0.25) is 0 Å². The molecule has 0 radical (unpaired) electrons. The number of halogens is 1. The molecule has 0 heterocycles. The van der Waals surface area contributed by atoms with E-state index in [2.05, 4.69) is 0 Å². The molecule has 0 unspecified atom stereocenters. The molecular formula is C16H15FN2. The number of nitrogens with zero attached hydrogens (tertiary/aromatic N) is 2. The van der Waals surface area contributed by atoms with Gasteiger partial charge in [0, 0.05) is 24.8 Å². The molecule has 0 amide bonds. The second-order valence-corrected chi connectivity index (χ2v) is 4.58. The number of hydrogen-bond donors (Lipinski definition) is 0. The zero-order chi connectivity index (χ0) is 13.8. The lowest BCUT2D eigenvalue weighted by atomic mass is 10.1. The first kappa shape index (κ1) is 13.1. The Morgan fingerprint density at radius 1 is 1.16 bits per heavy atom. The van der Waals surface area contributed by atoms with E-state index in [4.69, 9.17) is 5.26 Å². The smallest absolute Gasteiger partial charge is 0.145 e. The van der Waals surface area contributed by atoms with Crippen molar-refractivity contribution < 1.29 is 4.39 Å². The Bertz CT molecular complexity index is 612. The summed E-state index contributed by atoms with van der Waals surface area (Å²) in [4.78, 5) is 1.96. The fourth-order valence-corrected chi connectivity index (χ4v) is 1.93. The Balaban J connectivity index is 2.22. The number of aryl methyl sites for hydroxylation is 1. The minimum atomic E-state index is -0.427. The maximum Gasteiger partial charge on any atom is 0.145 e.